The van der Waals surface area contributed by atoms with Crippen LogP contribution in [-0.4, -0.2) is 18.5 Å². The van der Waals surface area contributed by atoms with Gasteiger partial charge >= 0.3 is 0 Å². The summed E-state index contributed by atoms with van der Waals surface area (Å²) in [4.78, 5) is 4.99. The third kappa shape index (κ3) is 3.80. The number of rotatable bonds is 4. The maximum atomic E-state index is 5.42. The molecule has 0 aliphatic carbocycles. The van der Waals surface area contributed by atoms with Crippen LogP contribution in [0.5, 0.6) is 0 Å². The van der Waals surface area contributed by atoms with E-state index in [4.69, 9.17) is 6.42 Å². The van der Waals surface area contributed by atoms with E-state index in [1.54, 1.807) is 0 Å². The minimum absolute atomic E-state index is 0.197. The third-order valence-corrected chi connectivity index (χ3v) is 5.42. The number of aryl methyl sites for hydroxylation is 1. The van der Waals surface area contributed by atoms with Crippen molar-refractivity contribution in [2.24, 2.45) is 0 Å². The second-order valence-electron chi connectivity index (χ2n) is 6.91. The minimum Gasteiger partial charge on any atom is -0.291 e. The molecule has 1 aromatic heterocycles. The Kier molecular flexibility index (Phi) is 5.11. The molecule has 0 fully saturated rings. The molecule has 2 heteroatoms. The highest BCUT2D eigenvalue weighted by molar-refractivity contribution is 7.15. The second-order valence-corrected chi connectivity index (χ2v) is 7.96. The lowest BCUT2D eigenvalue weighted by molar-refractivity contribution is 0.369. The van der Waals surface area contributed by atoms with Crippen molar-refractivity contribution in [3.05, 3.63) is 46.3 Å². The van der Waals surface area contributed by atoms with Crippen LogP contribution >= 0.6 is 11.3 Å². The highest BCUT2D eigenvalue weighted by Crippen LogP contribution is 2.39. The molecule has 0 amide bonds. The first kappa shape index (κ1) is 16.8. The Morgan fingerprint density at radius 2 is 1.91 bits per heavy atom. The number of nitrogens with zero attached hydrogens (tertiary/aromatic N) is 1. The third-order valence-electron chi connectivity index (χ3n) is 3.72. The van der Waals surface area contributed by atoms with E-state index in [1.165, 1.54) is 26.4 Å². The first-order valence-electron chi connectivity index (χ1n) is 7.64. The van der Waals surface area contributed by atoms with Gasteiger partial charge in [0.2, 0.25) is 0 Å². The van der Waals surface area contributed by atoms with Crippen molar-refractivity contribution in [3.63, 3.8) is 0 Å². The van der Waals surface area contributed by atoms with Gasteiger partial charge in [0.05, 0.1) is 6.54 Å². The van der Waals surface area contributed by atoms with Crippen LogP contribution in [0.25, 0.3) is 10.4 Å². The van der Waals surface area contributed by atoms with Crippen LogP contribution < -0.4 is 0 Å². The van der Waals surface area contributed by atoms with Crippen molar-refractivity contribution < 1.29 is 0 Å². The Morgan fingerprint density at radius 1 is 1.23 bits per heavy atom. The fourth-order valence-electron chi connectivity index (χ4n) is 2.50. The van der Waals surface area contributed by atoms with Crippen LogP contribution in [0.15, 0.2) is 30.3 Å². The first-order valence-corrected chi connectivity index (χ1v) is 8.45. The minimum atomic E-state index is 0.197. The van der Waals surface area contributed by atoms with Gasteiger partial charge in [-0.3, -0.25) is 4.90 Å². The summed E-state index contributed by atoms with van der Waals surface area (Å²) < 4.78 is 0. The lowest BCUT2D eigenvalue weighted by Gasteiger charge is -2.17. The Hall–Kier alpha value is -1.56. The van der Waals surface area contributed by atoms with E-state index in [2.05, 4.69) is 75.9 Å². The largest absolute Gasteiger partial charge is 0.291 e. The van der Waals surface area contributed by atoms with Gasteiger partial charge in [0, 0.05) is 16.3 Å². The van der Waals surface area contributed by atoms with Gasteiger partial charge in [-0.15, -0.1) is 17.8 Å². The molecular weight excluding hydrogens is 286 g/mol. The summed E-state index contributed by atoms with van der Waals surface area (Å²) in [6, 6.07) is 11.0. The lowest BCUT2D eigenvalue weighted by atomic mass is 9.94. The summed E-state index contributed by atoms with van der Waals surface area (Å²) in [5, 5.41) is 0. The van der Waals surface area contributed by atoms with Crippen molar-refractivity contribution in [1.82, 2.24) is 4.90 Å². The molecule has 22 heavy (non-hydrogen) atoms. The Balaban J connectivity index is 2.42. The molecule has 0 aliphatic rings. The Morgan fingerprint density at radius 3 is 2.50 bits per heavy atom. The second kappa shape index (κ2) is 6.69. The number of thiophene rings is 1. The number of hydrogen-bond acceptors (Lipinski definition) is 2. The molecule has 0 spiro atoms. The fourth-order valence-corrected chi connectivity index (χ4v) is 3.79. The van der Waals surface area contributed by atoms with Gasteiger partial charge < -0.3 is 0 Å². The topological polar surface area (TPSA) is 3.24 Å². The van der Waals surface area contributed by atoms with Gasteiger partial charge in [-0.2, -0.15) is 0 Å². The SMILES string of the molecule is C#CCN(C)Cc1ccccc1-c1sc(C(C)(C)C)cc1C. The molecule has 0 N–H and O–H groups in total. The molecule has 1 heterocycles. The predicted molar refractivity (Wildman–Crippen MR) is 98.4 cm³/mol. The molecule has 116 valence electrons. The number of hydrogen-bond donors (Lipinski definition) is 0. The predicted octanol–water partition coefficient (Wildman–Crippen LogP) is 5.09. The van der Waals surface area contributed by atoms with E-state index in [0.29, 0.717) is 6.54 Å². The van der Waals surface area contributed by atoms with Crippen molar-refractivity contribution >= 4 is 11.3 Å². The number of terminal acetylenes is 1. The summed E-state index contributed by atoms with van der Waals surface area (Å²) in [7, 11) is 2.07. The zero-order valence-corrected chi connectivity index (χ0v) is 15.1. The monoisotopic (exact) mass is 311 g/mol. The van der Waals surface area contributed by atoms with Crippen LogP contribution in [0.3, 0.4) is 0 Å². The molecule has 0 saturated carbocycles. The molecular formula is C20H25NS. The summed E-state index contributed by atoms with van der Waals surface area (Å²) >= 11 is 1.92. The Labute approximate surface area is 139 Å². The van der Waals surface area contributed by atoms with Gasteiger partial charge in [0.15, 0.2) is 0 Å². The van der Waals surface area contributed by atoms with Crippen molar-refractivity contribution in [1.29, 1.82) is 0 Å². The summed E-state index contributed by atoms with van der Waals surface area (Å²) in [6.07, 6.45) is 5.42. The fraction of sp³-hybridized carbons (Fsp3) is 0.400. The van der Waals surface area contributed by atoms with Crippen LogP contribution in [-0.2, 0) is 12.0 Å². The maximum Gasteiger partial charge on any atom is 0.0599 e. The van der Waals surface area contributed by atoms with Gasteiger partial charge in [-0.1, -0.05) is 51.0 Å². The standard InChI is InChI=1S/C20H25NS/c1-7-12-21(6)14-16-10-8-9-11-17(16)19-15(2)13-18(22-19)20(3,4)5/h1,8-11,13H,12,14H2,2-6H3. The quantitative estimate of drug-likeness (QED) is 0.711. The lowest BCUT2D eigenvalue weighted by Crippen LogP contribution is -2.18. The normalized spacial score (nSPS) is 11.7. The zero-order chi connectivity index (χ0) is 16.3. The molecule has 1 nitrogen and oxygen atoms in total. The van der Waals surface area contributed by atoms with E-state index >= 15 is 0 Å². The molecule has 0 saturated heterocycles. The summed E-state index contributed by atoms with van der Waals surface area (Å²) in [5.74, 6) is 2.71. The van der Waals surface area contributed by atoms with Crippen LogP contribution in [0.1, 0.15) is 36.8 Å². The highest BCUT2D eigenvalue weighted by atomic mass is 32.1. The summed E-state index contributed by atoms with van der Waals surface area (Å²) in [5.41, 5.74) is 4.24. The van der Waals surface area contributed by atoms with Crippen molar-refractivity contribution in [2.75, 3.05) is 13.6 Å². The highest BCUT2D eigenvalue weighted by Gasteiger charge is 2.20. The Bertz CT molecular complexity index is 682. The van der Waals surface area contributed by atoms with Gasteiger partial charge in [0.25, 0.3) is 0 Å². The van der Waals surface area contributed by atoms with E-state index in [1.807, 2.05) is 11.3 Å². The van der Waals surface area contributed by atoms with E-state index in [-0.39, 0.29) is 5.41 Å². The molecule has 2 rings (SSSR count). The molecule has 0 atom stereocenters. The van der Waals surface area contributed by atoms with Gasteiger partial charge in [-0.05, 0) is 42.1 Å². The van der Waals surface area contributed by atoms with Gasteiger partial charge in [0.1, 0.15) is 0 Å². The molecule has 2 aromatic rings. The number of benzene rings is 1. The zero-order valence-electron chi connectivity index (χ0n) is 14.2. The molecule has 0 aliphatic heterocycles. The van der Waals surface area contributed by atoms with E-state index in [0.717, 1.165) is 6.54 Å². The summed E-state index contributed by atoms with van der Waals surface area (Å²) in [6.45, 7) is 10.6. The van der Waals surface area contributed by atoms with E-state index < -0.39 is 0 Å². The average molecular weight is 311 g/mol. The smallest absolute Gasteiger partial charge is 0.0599 e. The average Bonchev–Trinajstić information content (AvgIpc) is 2.81. The van der Waals surface area contributed by atoms with E-state index in [9.17, 15) is 0 Å². The van der Waals surface area contributed by atoms with Crippen LogP contribution in [0, 0.1) is 19.3 Å². The molecule has 0 unspecified atom stereocenters. The maximum absolute atomic E-state index is 5.42. The van der Waals surface area contributed by atoms with Crippen LogP contribution in [0.2, 0.25) is 0 Å². The first-order chi connectivity index (χ1) is 10.3. The molecule has 0 radical (unpaired) electrons. The molecule has 0 bridgehead atoms. The van der Waals surface area contributed by atoms with Crippen LogP contribution in [0.4, 0.5) is 0 Å². The van der Waals surface area contributed by atoms with Crippen molar-refractivity contribution in [2.45, 2.75) is 39.7 Å². The van der Waals surface area contributed by atoms with Gasteiger partial charge in [-0.25, -0.2) is 0 Å². The molecule has 1 aromatic carbocycles. The van der Waals surface area contributed by atoms with Crippen molar-refractivity contribution in [3.8, 4) is 22.8 Å².